The average Bonchev–Trinajstić information content (AvgIpc) is 2.98. The minimum atomic E-state index is -0.678. The monoisotopic (exact) mass is 555 g/mol. The molecule has 5 aromatic rings. The van der Waals surface area contributed by atoms with Crippen LogP contribution in [0.15, 0.2) is 78.2 Å². The number of hydrogen-bond donors (Lipinski definition) is 1. The number of carbonyl (C=O) groups excluding carboxylic acids is 1. The molecule has 1 N–H and O–H groups in total. The Morgan fingerprint density at radius 2 is 1.61 bits per heavy atom. The first kappa shape index (κ1) is 27.3. The van der Waals surface area contributed by atoms with Gasteiger partial charge in [0, 0.05) is 41.6 Å². The van der Waals surface area contributed by atoms with E-state index in [1.165, 1.54) is 42.9 Å². The van der Waals surface area contributed by atoms with Crippen molar-refractivity contribution >= 4 is 22.8 Å². The lowest BCUT2D eigenvalue weighted by molar-refractivity contribution is 0.102. The Morgan fingerprint density at radius 3 is 2.27 bits per heavy atom. The highest BCUT2D eigenvalue weighted by atomic mass is 19.1. The Bertz CT molecular complexity index is 1790. The van der Waals surface area contributed by atoms with Crippen LogP contribution in [0.25, 0.3) is 22.0 Å². The lowest BCUT2D eigenvalue weighted by atomic mass is 10.0. The largest absolute Gasteiger partial charge is 0.493 e. The number of rotatable bonds is 8. The zero-order valence-electron chi connectivity index (χ0n) is 22.7. The average molecular weight is 556 g/mol. The first-order valence-corrected chi connectivity index (χ1v) is 12.6. The molecule has 10 nitrogen and oxygen atoms in total. The van der Waals surface area contributed by atoms with Crippen molar-refractivity contribution in [3.8, 4) is 34.1 Å². The third-order valence-corrected chi connectivity index (χ3v) is 6.33. The number of amides is 1. The third-order valence-electron chi connectivity index (χ3n) is 6.33. The van der Waals surface area contributed by atoms with Gasteiger partial charge in [0.2, 0.25) is 11.4 Å². The van der Waals surface area contributed by atoms with Gasteiger partial charge in [-0.05, 0) is 43.7 Å². The highest BCUT2D eigenvalue weighted by molar-refractivity contribution is 6.03. The lowest BCUT2D eigenvalue weighted by Crippen LogP contribution is -2.25. The molecule has 0 aliphatic carbocycles. The normalized spacial score (nSPS) is 11.0. The number of pyridine rings is 2. The first-order valence-electron chi connectivity index (χ1n) is 12.6. The van der Waals surface area contributed by atoms with Gasteiger partial charge in [0.25, 0.3) is 5.91 Å². The second kappa shape index (κ2) is 11.4. The smallest absolute Gasteiger partial charge is 0.263 e. The summed E-state index contributed by atoms with van der Waals surface area (Å²) in [5, 5.41) is 3.26. The molecule has 3 heterocycles. The van der Waals surface area contributed by atoms with E-state index in [1.807, 2.05) is 13.8 Å². The fourth-order valence-corrected chi connectivity index (χ4v) is 4.16. The van der Waals surface area contributed by atoms with E-state index in [0.717, 1.165) is 0 Å². The standard InChI is InChI=1S/C30H26FN5O5/c1-17(2)36-15-22(18-5-7-19(31)8-6-18)28(37)23(16-36)29(38)35-30-33-13-20(14-34-30)41-25-9-10-32-24-12-27(40-4)26(39-3)11-21(24)25/h5-17H,1-4H3,(H,33,34,35,38). The summed E-state index contributed by atoms with van der Waals surface area (Å²) in [6, 6.07) is 10.7. The van der Waals surface area contributed by atoms with Gasteiger partial charge in [-0.25, -0.2) is 14.4 Å². The molecule has 0 fully saturated rings. The maximum atomic E-state index is 13.5. The zero-order chi connectivity index (χ0) is 29.1. The van der Waals surface area contributed by atoms with Crippen LogP contribution < -0.4 is 25.0 Å². The number of aromatic nitrogens is 4. The number of hydrogen-bond acceptors (Lipinski definition) is 8. The molecule has 0 aliphatic rings. The molecule has 1 amide bonds. The molecule has 11 heteroatoms. The Balaban J connectivity index is 1.39. The van der Waals surface area contributed by atoms with Gasteiger partial charge in [-0.15, -0.1) is 0 Å². The molecule has 5 rings (SSSR count). The van der Waals surface area contributed by atoms with Crippen LogP contribution >= 0.6 is 0 Å². The summed E-state index contributed by atoms with van der Waals surface area (Å²) in [6.45, 7) is 3.84. The van der Waals surface area contributed by atoms with Gasteiger partial charge in [0.1, 0.15) is 17.1 Å². The van der Waals surface area contributed by atoms with Gasteiger partial charge in [-0.2, -0.15) is 0 Å². The Hall–Kier alpha value is -5.32. The van der Waals surface area contributed by atoms with Crippen molar-refractivity contribution in [3.05, 3.63) is 95.1 Å². The summed E-state index contributed by atoms with van der Waals surface area (Å²) in [5.41, 5.74) is 0.812. The summed E-state index contributed by atoms with van der Waals surface area (Å²) in [5.74, 6) is 0.741. The van der Waals surface area contributed by atoms with Crippen LogP contribution in [-0.4, -0.2) is 39.6 Å². The lowest BCUT2D eigenvalue weighted by Gasteiger charge is -2.15. The van der Waals surface area contributed by atoms with Crippen molar-refractivity contribution in [3.63, 3.8) is 0 Å². The third kappa shape index (κ3) is 5.69. The fourth-order valence-electron chi connectivity index (χ4n) is 4.16. The Kier molecular flexibility index (Phi) is 7.59. The molecule has 3 aromatic heterocycles. The number of ether oxygens (including phenoxy) is 3. The summed E-state index contributed by atoms with van der Waals surface area (Å²) < 4.78 is 31.9. The van der Waals surface area contributed by atoms with Gasteiger partial charge in [-0.3, -0.25) is 19.9 Å². The van der Waals surface area contributed by atoms with Gasteiger partial charge < -0.3 is 18.8 Å². The number of methoxy groups -OCH3 is 2. The first-order chi connectivity index (χ1) is 19.8. The van der Waals surface area contributed by atoms with E-state index in [2.05, 4.69) is 20.3 Å². The predicted molar refractivity (Wildman–Crippen MR) is 151 cm³/mol. The number of fused-ring (bicyclic) bond motifs is 1. The van der Waals surface area contributed by atoms with E-state index < -0.39 is 17.2 Å². The number of nitrogens with one attached hydrogen (secondary N) is 1. The number of nitrogens with zero attached hydrogens (tertiary/aromatic N) is 4. The molecule has 0 unspecified atom stereocenters. The van der Waals surface area contributed by atoms with Crippen LogP contribution in [0.4, 0.5) is 10.3 Å². The molecule has 0 saturated carbocycles. The maximum Gasteiger partial charge on any atom is 0.263 e. The number of benzene rings is 2. The molecular formula is C30H26FN5O5. The number of carbonyl (C=O) groups is 1. The molecule has 0 atom stereocenters. The SMILES string of the molecule is COc1cc2nccc(Oc3cnc(NC(=O)c4cn(C(C)C)cc(-c5ccc(F)cc5)c4=O)nc3)c2cc1OC. The molecule has 0 radical (unpaired) electrons. The van der Waals surface area contributed by atoms with E-state index in [1.54, 1.807) is 49.4 Å². The molecular weight excluding hydrogens is 529 g/mol. The van der Waals surface area contributed by atoms with Gasteiger partial charge in [0.05, 0.1) is 32.1 Å². The van der Waals surface area contributed by atoms with Crippen molar-refractivity contribution in [1.82, 2.24) is 19.5 Å². The second-order valence-corrected chi connectivity index (χ2v) is 9.29. The van der Waals surface area contributed by atoms with Gasteiger partial charge in [0.15, 0.2) is 17.2 Å². The topological polar surface area (TPSA) is 117 Å². The van der Waals surface area contributed by atoms with Gasteiger partial charge >= 0.3 is 0 Å². The minimum Gasteiger partial charge on any atom is -0.493 e. The van der Waals surface area contributed by atoms with Gasteiger partial charge in [-0.1, -0.05) is 12.1 Å². The van der Waals surface area contributed by atoms with Crippen molar-refractivity contribution in [2.45, 2.75) is 19.9 Å². The maximum absolute atomic E-state index is 13.5. The highest BCUT2D eigenvalue weighted by Crippen LogP contribution is 2.36. The van der Waals surface area contributed by atoms with Crippen molar-refractivity contribution in [2.75, 3.05) is 19.5 Å². The zero-order valence-corrected chi connectivity index (χ0v) is 22.7. The fraction of sp³-hybridized carbons (Fsp3) is 0.167. The molecule has 2 aromatic carbocycles. The van der Waals surface area contributed by atoms with Crippen LogP contribution in [0, 0.1) is 5.82 Å². The number of anilines is 1. The van der Waals surface area contributed by atoms with E-state index in [-0.39, 0.29) is 23.1 Å². The van der Waals surface area contributed by atoms with Crippen LogP contribution in [0.5, 0.6) is 23.0 Å². The Morgan fingerprint density at radius 1 is 0.927 bits per heavy atom. The van der Waals surface area contributed by atoms with Crippen LogP contribution in [0.3, 0.4) is 0 Å². The predicted octanol–water partition coefficient (Wildman–Crippen LogP) is 5.64. The van der Waals surface area contributed by atoms with Crippen LogP contribution in [-0.2, 0) is 0 Å². The van der Waals surface area contributed by atoms with Crippen molar-refractivity contribution in [1.29, 1.82) is 0 Å². The molecule has 0 saturated heterocycles. The summed E-state index contributed by atoms with van der Waals surface area (Å²) in [6.07, 6.45) is 7.52. The summed E-state index contributed by atoms with van der Waals surface area (Å²) in [4.78, 5) is 39.1. The summed E-state index contributed by atoms with van der Waals surface area (Å²) >= 11 is 0. The quantitative estimate of drug-likeness (QED) is 0.262. The van der Waals surface area contributed by atoms with Crippen molar-refractivity contribution < 1.29 is 23.4 Å². The molecule has 41 heavy (non-hydrogen) atoms. The second-order valence-electron chi connectivity index (χ2n) is 9.29. The highest BCUT2D eigenvalue weighted by Gasteiger charge is 2.18. The van der Waals surface area contributed by atoms with E-state index >= 15 is 0 Å². The molecule has 208 valence electrons. The van der Waals surface area contributed by atoms with Crippen molar-refractivity contribution in [2.24, 2.45) is 0 Å². The molecule has 0 bridgehead atoms. The van der Waals surface area contributed by atoms with E-state index in [4.69, 9.17) is 14.2 Å². The van der Waals surface area contributed by atoms with E-state index in [0.29, 0.717) is 39.5 Å². The molecule has 0 aliphatic heterocycles. The van der Waals surface area contributed by atoms with Crippen LogP contribution in [0.1, 0.15) is 30.2 Å². The minimum absolute atomic E-state index is 0.0176. The summed E-state index contributed by atoms with van der Waals surface area (Å²) in [7, 11) is 3.09. The van der Waals surface area contributed by atoms with Crippen LogP contribution in [0.2, 0.25) is 0 Å². The number of halogens is 1. The van der Waals surface area contributed by atoms with E-state index in [9.17, 15) is 14.0 Å². The molecule has 0 spiro atoms. The Labute approximate surface area is 234 Å².